The average Bonchev–Trinajstić information content (AvgIpc) is 3.49. The fraction of sp³-hybridized carbons (Fsp3) is 0.280. The van der Waals surface area contributed by atoms with E-state index in [9.17, 15) is 9.59 Å². The largest absolute Gasteiger partial charge is 0.377 e. The molecule has 1 fully saturated rings. The quantitative estimate of drug-likeness (QED) is 0.500. The number of nitrogens with zero attached hydrogens (tertiary/aromatic N) is 1. The number of carbonyl (C=O) groups excluding carboxylic acids is 2. The lowest BCUT2D eigenvalue weighted by molar-refractivity contribution is -0.117. The second-order valence-corrected chi connectivity index (χ2v) is 8.83. The third-order valence-corrected chi connectivity index (χ3v) is 6.15. The molecule has 0 radical (unpaired) electrons. The maximum absolute atomic E-state index is 12.9. The third-order valence-electron chi connectivity index (χ3n) is 5.29. The molecule has 2 aromatic carbocycles. The second-order valence-electron chi connectivity index (χ2n) is 7.80. The van der Waals surface area contributed by atoms with Gasteiger partial charge in [-0.1, -0.05) is 36.4 Å². The summed E-state index contributed by atoms with van der Waals surface area (Å²) in [4.78, 5) is 29.1. The summed E-state index contributed by atoms with van der Waals surface area (Å²) in [5.74, 6) is -0.415. The van der Waals surface area contributed by atoms with Crippen LogP contribution in [0.25, 0.3) is 0 Å². The fourth-order valence-electron chi connectivity index (χ4n) is 3.79. The monoisotopic (exact) mass is 449 g/mol. The van der Waals surface area contributed by atoms with Crippen LogP contribution < -0.4 is 10.6 Å². The van der Waals surface area contributed by atoms with Crippen molar-refractivity contribution in [2.45, 2.75) is 25.5 Å². The standard InChI is InChI=1S/C25H27N3O3S/c29-24(18-28(16-20-10-6-14-31-20)17-21-11-7-15-32-21)27-23-13-5-4-12-22(23)25(30)26-19-8-2-1-3-9-19/h1-5,7-9,11-13,15,20H,6,10,14,16-18H2,(H,26,30)(H,27,29)/t20-/m0/s1. The smallest absolute Gasteiger partial charge is 0.257 e. The van der Waals surface area contributed by atoms with Gasteiger partial charge in [0.2, 0.25) is 5.91 Å². The van der Waals surface area contributed by atoms with Crippen LogP contribution in [0.3, 0.4) is 0 Å². The number of para-hydroxylation sites is 2. The summed E-state index contributed by atoms with van der Waals surface area (Å²) in [7, 11) is 0. The Hall–Kier alpha value is -3.00. The molecule has 2 amide bonds. The highest BCUT2D eigenvalue weighted by Gasteiger charge is 2.22. The van der Waals surface area contributed by atoms with E-state index in [1.54, 1.807) is 29.5 Å². The van der Waals surface area contributed by atoms with Gasteiger partial charge >= 0.3 is 0 Å². The number of rotatable bonds is 9. The first-order valence-corrected chi connectivity index (χ1v) is 11.7. The minimum atomic E-state index is -0.262. The zero-order chi connectivity index (χ0) is 22.2. The Kier molecular flexibility index (Phi) is 7.66. The molecule has 0 aliphatic carbocycles. The van der Waals surface area contributed by atoms with Gasteiger partial charge in [0.05, 0.1) is 23.9 Å². The van der Waals surface area contributed by atoms with Gasteiger partial charge in [-0.05, 0) is 48.6 Å². The first-order chi connectivity index (χ1) is 15.7. The normalized spacial score (nSPS) is 15.6. The minimum absolute atomic E-state index is 0.153. The molecular weight excluding hydrogens is 422 g/mol. The highest BCUT2D eigenvalue weighted by molar-refractivity contribution is 7.09. The van der Waals surface area contributed by atoms with E-state index in [-0.39, 0.29) is 24.5 Å². The van der Waals surface area contributed by atoms with Crippen LogP contribution >= 0.6 is 11.3 Å². The van der Waals surface area contributed by atoms with Crippen LogP contribution in [0, 0.1) is 0 Å². The van der Waals surface area contributed by atoms with E-state index in [4.69, 9.17) is 4.74 Å². The van der Waals surface area contributed by atoms with Crippen molar-refractivity contribution in [3.05, 3.63) is 82.6 Å². The van der Waals surface area contributed by atoms with Crippen molar-refractivity contribution in [2.24, 2.45) is 0 Å². The van der Waals surface area contributed by atoms with Crippen molar-refractivity contribution in [2.75, 3.05) is 30.3 Å². The summed E-state index contributed by atoms with van der Waals surface area (Å²) in [5, 5.41) is 7.85. The summed E-state index contributed by atoms with van der Waals surface area (Å²) in [6, 6.07) is 20.4. The molecule has 1 atom stereocenters. The summed E-state index contributed by atoms with van der Waals surface area (Å²) in [5.41, 5.74) is 1.63. The van der Waals surface area contributed by atoms with Gasteiger partial charge in [-0.3, -0.25) is 14.5 Å². The molecule has 0 unspecified atom stereocenters. The van der Waals surface area contributed by atoms with E-state index in [0.29, 0.717) is 30.0 Å². The molecule has 1 saturated heterocycles. The maximum atomic E-state index is 12.9. The number of anilines is 2. The lowest BCUT2D eigenvalue weighted by Gasteiger charge is -2.24. The van der Waals surface area contributed by atoms with Crippen molar-refractivity contribution < 1.29 is 14.3 Å². The predicted molar refractivity (Wildman–Crippen MR) is 128 cm³/mol. The van der Waals surface area contributed by atoms with Crippen molar-refractivity contribution in [3.8, 4) is 0 Å². The van der Waals surface area contributed by atoms with E-state index in [1.807, 2.05) is 47.8 Å². The van der Waals surface area contributed by atoms with E-state index < -0.39 is 0 Å². The van der Waals surface area contributed by atoms with Gasteiger partial charge in [-0.2, -0.15) is 0 Å². The molecule has 2 heterocycles. The van der Waals surface area contributed by atoms with Crippen LogP contribution in [0.5, 0.6) is 0 Å². The summed E-state index contributed by atoms with van der Waals surface area (Å²) >= 11 is 1.68. The number of ether oxygens (including phenoxy) is 1. The SMILES string of the molecule is O=C(CN(Cc1cccs1)C[C@@H]1CCCO1)Nc1ccccc1C(=O)Nc1ccccc1. The lowest BCUT2D eigenvalue weighted by Crippen LogP contribution is -2.38. The number of nitrogens with one attached hydrogen (secondary N) is 2. The number of hydrogen-bond acceptors (Lipinski definition) is 5. The molecule has 166 valence electrons. The Labute approximate surface area is 192 Å². The lowest BCUT2D eigenvalue weighted by atomic mass is 10.1. The van der Waals surface area contributed by atoms with Crippen LogP contribution in [0.15, 0.2) is 72.1 Å². The van der Waals surface area contributed by atoms with E-state index in [0.717, 1.165) is 19.4 Å². The molecular formula is C25H27N3O3S. The topological polar surface area (TPSA) is 70.7 Å². The number of benzene rings is 2. The molecule has 2 N–H and O–H groups in total. The predicted octanol–water partition coefficient (Wildman–Crippen LogP) is 4.62. The van der Waals surface area contributed by atoms with Crippen LogP contribution in [0.2, 0.25) is 0 Å². The Bertz CT molecular complexity index is 1020. The molecule has 0 bridgehead atoms. The Morgan fingerprint density at radius 2 is 1.81 bits per heavy atom. The van der Waals surface area contributed by atoms with E-state index >= 15 is 0 Å². The van der Waals surface area contributed by atoms with Crippen molar-refractivity contribution in [1.82, 2.24) is 4.90 Å². The summed E-state index contributed by atoms with van der Waals surface area (Å²) in [6.45, 7) is 2.42. The molecule has 7 heteroatoms. The van der Waals surface area contributed by atoms with Crippen molar-refractivity contribution >= 4 is 34.5 Å². The summed E-state index contributed by atoms with van der Waals surface area (Å²) in [6.07, 6.45) is 2.24. The van der Waals surface area contributed by atoms with Crippen LogP contribution in [0.1, 0.15) is 28.1 Å². The van der Waals surface area contributed by atoms with Gasteiger partial charge in [0.25, 0.3) is 5.91 Å². The minimum Gasteiger partial charge on any atom is -0.377 e. The number of thiophene rings is 1. The van der Waals surface area contributed by atoms with E-state index in [2.05, 4.69) is 21.6 Å². The summed E-state index contributed by atoms with van der Waals surface area (Å²) < 4.78 is 5.79. The van der Waals surface area contributed by atoms with E-state index in [1.165, 1.54) is 4.88 Å². The third kappa shape index (κ3) is 6.26. The molecule has 32 heavy (non-hydrogen) atoms. The Morgan fingerprint density at radius 1 is 1.00 bits per heavy atom. The Morgan fingerprint density at radius 3 is 2.56 bits per heavy atom. The van der Waals surface area contributed by atoms with Crippen LogP contribution in [-0.2, 0) is 16.1 Å². The van der Waals surface area contributed by atoms with Gasteiger partial charge in [0.15, 0.2) is 0 Å². The van der Waals surface area contributed by atoms with Crippen LogP contribution in [-0.4, -0.2) is 42.5 Å². The number of amides is 2. The molecule has 1 aliphatic heterocycles. The maximum Gasteiger partial charge on any atom is 0.257 e. The molecule has 0 spiro atoms. The van der Waals surface area contributed by atoms with Gasteiger partial charge in [0.1, 0.15) is 0 Å². The highest BCUT2D eigenvalue weighted by Crippen LogP contribution is 2.19. The van der Waals surface area contributed by atoms with Gasteiger partial charge in [-0.15, -0.1) is 11.3 Å². The van der Waals surface area contributed by atoms with Crippen molar-refractivity contribution in [1.29, 1.82) is 0 Å². The molecule has 0 saturated carbocycles. The first-order valence-electron chi connectivity index (χ1n) is 10.8. The van der Waals surface area contributed by atoms with Crippen LogP contribution in [0.4, 0.5) is 11.4 Å². The number of carbonyl (C=O) groups is 2. The molecule has 1 aromatic heterocycles. The number of hydrogen-bond donors (Lipinski definition) is 2. The molecule has 6 nitrogen and oxygen atoms in total. The van der Waals surface area contributed by atoms with Gasteiger partial charge in [0, 0.05) is 30.3 Å². The van der Waals surface area contributed by atoms with Gasteiger partial charge < -0.3 is 15.4 Å². The van der Waals surface area contributed by atoms with Crippen molar-refractivity contribution in [3.63, 3.8) is 0 Å². The molecule has 4 rings (SSSR count). The Balaban J connectivity index is 1.42. The second kappa shape index (κ2) is 11.0. The fourth-order valence-corrected chi connectivity index (χ4v) is 4.53. The highest BCUT2D eigenvalue weighted by atomic mass is 32.1. The van der Waals surface area contributed by atoms with Gasteiger partial charge in [-0.25, -0.2) is 0 Å². The zero-order valence-electron chi connectivity index (χ0n) is 17.8. The zero-order valence-corrected chi connectivity index (χ0v) is 18.6. The molecule has 1 aliphatic rings. The molecule has 3 aromatic rings. The first kappa shape index (κ1) is 22.2. The average molecular weight is 450 g/mol.